The van der Waals surface area contributed by atoms with Crippen LogP contribution in [0.5, 0.6) is 0 Å². The molecule has 0 aliphatic rings. The van der Waals surface area contributed by atoms with Crippen LogP contribution in [0.25, 0.3) is 0 Å². The van der Waals surface area contributed by atoms with E-state index in [1.165, 1.54) is 0 Å². The maximum Gasteiger partial charge on any atom is 0.253 e. The summed E-state index contributed by atoms with van der Waals surface area (Å²) in [5, 5.41) is 0. The minimum absolute atomic E-state index is 0.208. The number of hydrazine groups is 1. The van der Waals surface area contributed by atoms with E-state index in [0.717, 1.165) is 6.42 Å². The quantitative estimate of drug-likeness (QED) is 0.377. The number of nitrogens with zero attached hydrogens (tertiary/aromatic N) is 1. The van der Waals surface area contributed by atoms with E-state index in [1.807, 2.05) is 11.9 Å². The van der Waals surface area contributed by atoms with E-state index in [4.69, 9.17) is 10.6 Å². The standard InChI is InChI=1S/C11H25N3O2/c1-8(2)6-9(3)14(4)10(7-16-5)11(15)13-12/h8-10H,6-7,12H2,1-5H3,(H,13,15). The van der Waals surface area contributed by atoms with Crippen molar-refractivity contribution in [3.63, 3.8) is 0 Å². The topological polar surface area (TPSA) is 67.6 Å². The summed E-state index contributed by atoms with van der Waals surface area (Å²) in [6.45, 7) is 6.78. The highest BCUT2D eigenvalue weighted by molar-refractivity contribution is 5.81. The molecule has 2 atom stereocenters. The van der Waals surface area contributed by atoms with Gasteiger partial charge in [0, 0.05) is 13.2 Å². The zero-order chi connectivity index (χ0) is 12.7. The molecule has 0 saturated heterocycles. The molecule has 0 fully saturated rings. The summed E-state index contributed by atoms with van der Waals surface area (Å²) < 4.78 is 5.05. The van der Waals surface area contributed by atoms with Gasteiger partial charge in [0.1, 0.15) is 6.04 Å². The molecular formula is C11H25N3O2. The zero-order valence-corrected chi connectivity index (χ0v) is 11.0. The third kappa shape index (κ3) is 4.92. The van der Waals surface area contributed by atoms with Crippen LogP contribution in [0.3, 0.4) is 0 Å². The predicted octanol–water partition coefficient (Wildman–Crippen LogP) is 0.358. The number of nitrogens with two attached hydrogens (primary N) is 1. The molecule has 3 N–H and O–H groups in total. The second-order valence-electron chi connectivity index (χ2n) is 4.62. The Morgan fingerprint density at radius 2 is 2.00 bits per heavy atom. The largest absolute Gasteiger partial charge is 0.383 e. The molecule has 16 heavy (non-hydrogen) atoms. The van der Waals surface area contributed by atoms with E-state index in [9.17, 15) is 4.79 Å². The van der Waals surface area contributed by atoms with Crippen molar-refractivity contribution in [2.75, 3.05) is 20.8 Å². The molecule has 5 heteroatoms. The van der Waals surface area contributed by atoms with Gasteiger partial charge < -0.3 is 4.74 Å². The Balaban J connectivity index is 4.46. The summed E-state index contributed by atoms with van der Waals surface area (Å²) in [4.78, 5) is 13.6. The fraction of sp³-hybridized carbons (Fsp3) is 0.909. The first-order valence-corrected chi connectivity index (χ1v) is 5.65. The van der Waals surface area contributed by atoms with Gasteiger partial charge in [-0.05, 0) is 26.3 Å². The van der Waals surface area contributed by atoms with Crippen molar-refractivity contribution < 1.29 is 9.53 Å². The van der Waals surface area contributed by atoms with Crippen LogP contribution >= 0.6 is 0 Å². The Kier molecular flexibility index (Phi) is 7.29. The number of carbonyl (C=O) groups is 1. The monoisotopic (exact) mass is 231 g/mol. The maximum absolute atomic E-state index is 11.6. The van der Waals surface area contributed by atoms with Crippen LogP contribution < -0.4 is 11.3 Å². The zero-order valence-electron chi connectivity index (χ0n) is 11.0. The van der Waals surface area contributed by atoms with Gasteiger partial charge in [-0.15, -0.1) is 0 Å². The summed E-state index contributed by atoms with van der Waals surface area (Å²) in [6.07, 6.45) is 1.04. The van der Waals surface area contributed by atoms with E-state index < -0.39 is 0 Å². The number of carbonyl (C=O) groups excluding carboxylic acids is 1. The molecule has 0 saturated carbocycles. The van der Waals surface area contributed by atoms with Crippen molar-refractivity contribution in [3.05, 3.63) is 0 Å². The molecule has 2 unspecified atom stereocenters. The first kappa shape index (κ1) is 15.3. The molecular weight excluding hydrogens is 206 g/mol. The van der Waals surface area contributed by atoms with Gasteiger partial charge in [0.15, 0.2) is 0 Å². The predicted molar refractivity (Wildman–Crippen MR) is 64.7 cm³/mol. The number of ether oxygens (including phenoxy) is 1. The van der Waals surface area contributed by atoms with Gasteiger partial charge in [-0.3, -0.25) is 15.1 Å². The molecule has 5 nitrogen and oxygen atoms in total. The third-order valence-corrected chi connectivity index (χ3v) is 2.77. The Labute approximate surface area is 98.3 Å². The number of hydrogen-bond acceptors (Lipinski definition) is 4. The number of nitrogens with one attached hydrogen (secondary N) is 1. The lowest BCUT2D eigenvalue weighted by Gasteiger charge is -2.32. The van der Waals surface area contributed by atoms with Gasteiger partial charge in [0.25, 0.3) is 5.91 Å². The number of amides is 1. The number of likely N-dealkylation sites (N-methyl/N-ethyl adjacent to an activating group) is 1. The van der Waals surface area contributed by atoms with Gasteiger partial charge in [-0.1, -0.05) is 13.8 Å². The van der Waals surface area contributed by atoms with E-state index in [0.29, 0.717) is 18.6 Å². The minimum Gasteiger partial charge on any atom is -0.383 e. The molecule has 0 heterocycles. The van der Waals surface area contributed by atoms with Crippen molar-refractivity contribution in [1.82, 2.24) is 10.3 Å². The highest BCUT2D eigenvalue weighted by atomic mass is 16.5. The van der Waals surface area contributed by atoms with Gasteiger partial charge in [0.05, 0.1) is 6.61 Å². The lowest BCUT2D eigenvalue weighted by molar-refractivity contribution is -0.128. The molecule has 0 aromatic carbocycles. The second-order valence-corrected chi connectivity index (χ2v) is 4.62. The molecule has 0 aromatic heterocycles. The number of hydrogen-bond donors (Lipinski definition) is 2. The number of rotatable bonds is 7. The van der Waals surface area contributed by atoms with Crippen LogP contribution in [0.4, 0.5) is 0 Å². The van der Waals surface area contributed by atoms with Gasteiger partial charge in [-0.2, -0.15) is 0 Å². The molecule has 0 aliphatic heterocycles. The molecule has 0 bridgehead atoms. The summed E-state index contributed by atoms with van der Waals surface area (Å²) in [5.74, 6) is 5.55. The smallest absolute Gasteiger partial charge is 0.253 e. The Bertz CT molecular complexity index is 209. The molecule has 0 aromatic rings. The SMILES string of the molecule is COCC(C(=O)NN)N(C)C(C)CC(C)C. The minimum atomic E-state index is -0.330. The summed E-state index contributed by atoms with van der Waals surface area (Å²) in [7, 11) is 3.50. The molecule has 0 aliphatic carbocycles. The third-order valence-electron chi connectivity index (χ3n) is 2.77. The van der Waals surface area contributed by atoms with Crippen molar-refractivity contribution in [2.24, 2.45) is 11.8 Å². The summed E-state index contributed by atoms with van der Waals surface area (Å²) in [5.41, 5.74) is 2.18. The highest BCUT2D eigenvalue weighted by Crippen LogP contribution is 2.12. The van der Waals surface area contributed by atoms with Gasteiger partial charge in [0.2, 0.25) is 0 Å². The van der Waals surface area contributed by atoms with Crippen LogP contribution in [-0.2, 0) is 9.53 Å². The first-order chi connectivity index (χ1) is 7.43. The Hall–Kier alpha value is -0.650. The lowest BCUT2D eigenvalue weighted by atomic mass is 10.0. The average Bonchev–Trinajstić information content (AvgIpc) is 2.23. The van der Waals surface area contributed by atoms with Crippen molar-refractivity contribution >= 4 is 5.91 Å². The van der Waals surface area contributed by atoms with E-state index in [2.05, 4.69) is 26.2 Å². The van der Waals surface area contributed by atoms with E-state index >= 15 is 0 Å². The fourth-order valence-electron chi connectivity index (χ4n) is 1.79. The molecule has 96 valence electrons. The van der Waals surface area contributed by atoms with Crippen LogP contribution in [-0.4, -0.2) is 43.7 Å². The van der Waals surface area contributed by atoms with Crippen molar-refractivity contribution in [2.45, 2.75) is 39.3 Å². The Morgan fingerprint density at radius 1 is 1.44 bits per heavy atom. The summed E-state index contributed by atoms with van der Waals surface area (Å²) in [6, 6.07) is -0.0128. The average molecular weight is 231 g/mol. The molecule has 0 radical (unpaired) electrons. The van der Waals surface area contributed by atoms with Gasteiger partial charge >= 0.3 is 0 Å². The maximum atomic E-state index is 11.6. The van der Waals surface area contributed by atoms with E-state index in [-0.39, 0.29) is 11.9 Å². The Morgan fingerprint density at radius 3 is 2.38 bits per heavy atom. The van der Waals surface area contributed by atoms with Crippen LogP contribution in [0.2, 0.25) is 0 Å². The van der Waals surface area contributed by atoms with Gasteiger partial charge in [-0.25, -0.2) is 5.84 Å². The molecule has 0 spiro atoms. The second kappa shape index (κ2) is 7.60. The molecule has 0 rings (SSSR count). The first-order valence-electron chi connectivity index (χ1n) is 5.65. The molecule has 1 amide bonds. The van der Waals surface area contributed by atoms with Crippen LogP contribution in [0, 0.1) is 5.92 Å². The fourth-order valence-corrected chi connectivity index (χ4v) is 1.79. The van der Waals surface area contributed by atoms with E-state index in [1.54, 1.807) is 7.11 Å². The normalized spacial score (nSPS) is 15.2. The van der Waals surface area contributed by atoms with Crippen molar-refractivity contribution in [3.8, 4) is 0 Å². The van der Waals surface area contributed by atoms with Crippen molar-refractivity contribution in [1.29, 1.82) is 0 Å². The van der Waals surface area contributed by atoms with Crippen LogP contribution in [0.15, 0.2) is 0 Å². The summed E-state index contributed by atoms with van der Waals surface area (Å²) >= 11 is 0. The van der Waals surface area contributed by atoms with Crippen LogP contribution in [0.1, 0.15) is 27.2 Å². The lowest BCUT2D eigenvalue weighted by Crippen LogP contribution is -2.52. The number of methoxy groups -OCH3 is 1. The highest BCUT2D eigenvalue weighted by Gasteiger charge is 2.26.